The van der Waals surface area contributed by atoms with E-state index in [2.05, 4.69) is 15.1 Å². The van der Waals surface area contributed by atoms with Gasteiger partial charge in [-0.2, -0.15) is 0 Å². The first kappa shape index (κ1) is 15.6. The van der Waals surface area contributed by atoms with Crippen LogP contribution in [-0.2, 0) is 20.5 Å². The molecule has 0 aliphatic carbocycles. The summed E-state index contributed by atoms with van der Waals surface area (Å²) in [6, 6.07) is 3.79. The van der Waals surface area contributed by atoms with E-state index in [1.807, 2.05) is 19.1 Å². The number of carbonyl (C=O) groups is 1. The maximum atomic E-state index is 11.3. The number of hydrogen-bond donors (Lipinski definition) is 2. The Morgan fingerprint density at radius 3 is 2.76 bits per heavy atom. The minimum Gasteiger partial charge on any atom is -0.453 e. The van der Waals surface area contributed by atoms with Crippen LogP contribution >= 0.6 is 7.60 Å². The molecule has 0 saturated heterocycles. The second-order valence-electron chi connectivity index (χ2n) is 4.67. The van der Waals surface area contributed by atoms with Crippen molar-refractivity contribution in [1.29, 1.82) is 0 Å². The summed E-state index contributed by atoms with van der Waals surface area (Å²) in [6.07, 6.45) is 0.232. The summed E-state index contributed by atoms with van der Waals surface area (Å²) in [7, 11) is -4.31. The van der Waals surface area contributed by atoms with Crippen LogP contribution in [0.2, 0.25) is 0 Å². The van der Waals surface area contributed by atoms with Gasteiger partial charge in [0.15, 0.2) is 6.35 Å². The highest BCUT2D eigenvalue weighted by molar-refractivity contribution is 7.51. The predicted molar refractivity (Wildman–Crippen MR) is 72.5 cm³/mol. The molecule has 21 heavy (non-hydrogen) atoms. The van der Waals surface area contributed by atoms with Gasteiger partial charge in [-0.3, -0.25) is 9.36 Å². The van der Waals surface area contributed by atoms with Gasteiger partial charge in [0.2, 0.25) is 0 Å². The lowest BCUT2D eigenvalue weighted by Crippen LogP contribution is -2.06. The van der Waals surface area contributed by atoms with Crippen molar-refractivity contribution >= 4 is 24.6 Å². The molecule has 2 aromatic rings. The lowest BCUT2D eigenvalue weighted by molar-refractivity contribution is -0.142. The zero-order valence-corrected chi connectivity index (χ0v) is 12.2. The Hall–Kier alpha value is -1.76. The van der Waals surface area contributed by atoms with Crippen molar-refractivity contribution in [1.82, 2.24) is 10.3 Å². The number of aryl methyl sites for hydroxylation is 2. The minimum atomic E-state index is -4.31. The van der Waals surface area contributed by atoms with Gasteiger partial charge in [-0.25, -0.2) is 4.63 Å². The van der Waals surface area contributed by atoms with Gasteiger partial charge in [0.05, 0.1) is 0 Å². The van der Waals surface area contributed by atoms with Crippen LogP contribution in [0.15, 0.2) is 16.8 Å². The van der Waals surface area contributed by atoms with E-state index in [-0.39, 0.29) is 6.42 Å². The van der Waals surface area contributed by atoms with E-state index >= 15 is 0 Å². The number of fused-ring (bicyclic) bond motifs is 1. The average Bonchev–Trinajstić information content (AvgIpc) is 2.88. The maximum absolute atomic E-state index is 11.3. The van der Waals surface area contributed by atoms with E-state index in [4.69, 9.17) is 14.4 Å². The zero-order valence-electron chi connectivity index (χ0n) is 11.4. The number of nitrogens with zero attached hydrogens (tertiary/aromatic N) is 2. The topological polar surface area (TPSA) is 123 Å². The van der Waals surface area contributed by atoms with Crippen molar-refractivity contribution < 1.29 is 28.5 Å². The minimum absolute atomic E-state index is 0.0701. The molecule has 1 aromatic carbocycles. The van der Waals surface area contributed by atoms with Crippen molar-refractivity contribution in [3.8, 4) is 0 Å². The molecular weight excluding hydrogens is 299 g/mol. The molecule has 0 unspecified atom stereocenters. The summed E-state index contributed by atoms with van der Waals surface area (Å²) >= 11 is 0. The van der Waals surface area contributed by atoms with Gasteiger partial charge >= 0.3 is 13.6 Å². The summed E-state index contributed by atoms with van der Waals surface area (Å²) in [4.78, 5) is 28.5. The number of benzene rings is 1. The number of carbonyl (C=O) groups excluding carboxylic acids is 1. The van der Waals surface area contributed by atoms with Gasteiger partial charge in [-0.15, -0.1) is 0 Å². The molecule has 0 aliphatic heterocycles. The Bertz CT molecular complexity index is 692. The lowest BCUT2D eigenvalue weighted by atomic mass is 10.0. The van der Waals surface area contributed by atoms with Crippen molar-refractivity contribution in [3.63, 3.8) is 0 Å². The molecule has 2 N–H and O–H groups in total. The summed E-state index contributed by atoms with van der Waals surface area (Å²) in [5.41, 5.74) is 3.21. The van der Waals surface area contributed by atoms with Crippen LogP contribution in [0.25, 0.3) is 11.0 Å². The van der Waals surface area contributed by atoms with Gasteiger partial charge in [-0.05, 0) is 41.2 Å². The van der Waals surface area contributed by atoms with Gasteiger partial charge in [0, 0.05) is 6.42 Å². The average molecular weight is 314 g/mol. The lowest BCUT2D eigenvalue weighted by Gasteiger charge is -2.06. The molecule has 0 fully saturated rings. The molecule has 2 rings (SSSR count). The van der Waals surface area contributed by atoms with Crippen LogP contribution in [0.1, 0.15) is 24.0 Å². The predicted octanol–water partition coefficient (Wildman–Crippen LogP) is 1.53. The van der Waals surface area contributed by atoms with E-state index < -0.39 is 19.9 Å². The Labute approximate surface area is 120 Å². The largest absolute Gasteiger partial charge is 0.453 e. The molecule has 8 nitrogen and oxygen atoms in total. The number of hydrogen-bond acceptors (Lipinski definition) is 6. The van der Waals surface area contributed by atoms with Crippen molar-refractivity contribution in [2.45, 2.75) is 26.2 Å². The summed E-state index contributed by atoms with van der Waals surface area (Å²) in [5, 5.41) is 7.65. The third-order valence-corrected chi connectivity index (χ3v) is 3.39. The quantitative estimate of drug-likeness (QED) is 0.608. The number of aromatic nitrogens is 2. The molecular formula is C12H15N2O6P. The molecule has 1 heterocycles. The smallest absolute Gasteiger partial charge is 0.362 e. The molecule has 0 saturated carbocycles. The molecule has 0 radical (unpaired) electrons. The molecule has 114 valence electrons. The fourth-order valence-corrected chi connectivity index (χ4v) is 2.21. The molecule has 0 bridgehead atoms. The van der Waals surface area contributed by atoms with E-state index in [1.165, 1.54) is 0 Å². The van der Waals surface area contributed by atoms with Gasteiger partial charge < -0.3 is 14.5 Å². The van der Waals surface area contributed by atoms with Crippen molar-refractivity contribution in [2.24, 2.45) is 0 Å². The Kier molecular flexibility index (Phi) is 4.72. The monoisotopic (exact) mass is 314 g/mol. The van der Waals surface area contributed by atoms with Crippen LogP contribution in [0.5, 0.6) is 0 Å². The molecule has 9 heteroatoms. The van der Waals surface area contributed by atoms with E-state index in [1.54, 1.807) is 0 Å². The first-order valence-electron chi connectivity index (χ1n) is 6.28. The van der Waals surface area contributed by atoms with Gasteiger partial charge in [0.25, 0.3) is 0 Å². The Morgan fingerprint density at radius 2 is 2.05 bits per heavy atom. The van der Waals surface area contributed by atoms with Crippen LogP contribution in [0.3, 0.4) is 0 Å². The third kappa shape index (κ3) is 4.35. The van der Waals surface area contributed by atoms with Crippen LogP contribution in [0.4, 0.5) is 0 Å². The number of esters is 1. The van der Waals surface area contributed by atoms with E-state index in [9.17, 15) is 9.36 Å². The highest BCUT2D eigenvalue weighted by Crippen LogP contribution is 2.34. The van der Waals surface area contributed by atoms with Crippen molar-refractivity contribution in [3.05, 3.63) is 23.3 Å². The molecule has 1 aromatic heterocycles. The van der Waals surface area contributed by atoms with E-state index in [0.29, 0.717) is 23.9 Å². The van der Waals surface area contributed by atoms with Gasteiger partial charge in [0.1, 0.15) is 11.0 Å². The number of rotatable bonds is 6. The van der Waals surface area contributed by atoms with E-state index in [0.717, 1.165) is 11.1 Å². The van der Waals surface area contributed by atoms with Crippen LogP contribution in [-0.4, -0.2) is 32.4 Å². The SMILES string of the molecule is Cc1ccc(CCCC(=O)OCP(=O)(O)O)c2nonc12. The standard InChI is InChI=1S/C12H15N2O6P/c1-8-5-6-9(12-11(8)13-20-14-12)3-2-4-10(15)19-7-21(16,17)18/h5-6H,2-4,7H2,1H3,(H2,16,17,18). The zero-order chi connectivity index (χ0) is 15.5. The second kappa shape index (κ2) is 6.34. The van der Waals surface area contributed by atoms with Crippen LogP contribution in [0, 0.1) is 6.92 Å². The first-order chi connectivity index (χ1) is 9.87. The summed E-state index contributed by atoms with van der Waals surface area (Å²) in [5.74, 6) is -0.639. The summed E-state index contributed by atoms with van der Waals surface area (Å²) < 4.78 is 19.8. The normalized spacial score (nSPS) is 11.8. The molecule has 0 aliphatic rings. The molecule has 0 atom stereocenters. The summed E-state index contributed by atoms with van der Waals surface area (Å²) in [6.45, 7) is 1.90. The fourth-order valence-electron chi connectivity index (χ4n) is 1.89. The molecule has 0 amide bonds. The Balaban J connectivity index is 1.88. The number of ether oxygens (including phenoxy) is 1. The van der Waals surface area contributed by atoms with Crippen LogP contribution < -0.4 is 0 Å². The maximum Gasteiger partial charge on any atom is 0.362 e. The fraction of sp³-hybridized carbons (Fsp3) is 0.417. The second-order valence-corrected chi connectivity index (χ2v) is 6.25. The molecule has 0 spiro atoms. The van der Waals surface area contributed by atoms with Crippen molar-refractivity contribution in [2.75, 3.05) is 6.35 Å². The van der Waals surface area contributed by atoms with Gasteiger partial charge in [-0.1, -0.05) is 12.1 Å². The Morgan fingerprint density at radius 1 is 1.33 bits per heavy atom. The highest BCUT2D eigenvalue weighted by Gasteiger charge is 2.16. The third-order valence-electron chi connectivity index (χ3n) is 2.92. The highest BCUT2D eigenvalue weighted by atomic mass is 31.2. The first-order valence-corrected chi connectivity index (χ1v) is 8.07.